The number of carbonyl (C=O) groups excluding carboxylic acids is 2. The summed E-state index contributed by atoms with van der Waals surface area (Å²) >= 11 is 0. The minimum Gasteiger partial charge on any atom is -0.462 e. The van der Waals surface area contributed by atoms with Crippen LogP contribution in [-0.2, 0) is 37.2 Å². The number of nitrogens with zero attached hydrogens (tertiary/aromatic N) is 1. The van der Waals surface area contributed by atoms with E-state index in [1.807, 2.05) is 21.1 Å². The smallest absolute Gasteiger partial charge is 0.462 e. The maximum absolute atomic E-state index is 13.2. The number of quaternary nitrogens is 1. The zero-order valence-electron chi connectivity index (χ0n) is 32.2. The van der Waals surface area contributed by atoms with Crippen molar-refractivity contribution < 1.29 is 41.7 Å². The molecule has 0 bridgehead atoms. The number of hydrogen-bond donors (Lipinski definition) is 0. The van der Waals surface area contributed by atoms with Crippen molar-refractivity contribution >= 4 is 19.8 Å². The quantitative estimate of drug-likeness (QED) is 0.0275. The van der Waals surface area contributed by atoms with E-state index in [-0.39, 0.29) is 44.8 Å². The lowest BCUT2D eigenvalue weighted by atomic mass is 10.1. The van der Waals surface area contributed by atoms with Crippen molar-refractivity contribution in [3.8, 4) is 0 Å². The lowest BCUT2D eigenvalue weighted by Gasteiger charge is -2.25. The first kappa shape index (κ1) is 47.0. The number of hydrogen-bond acceptors (Lipinski definition) is 8. The number of ether oxygens (including phenoxy) is 2. The highest BCUT2D eigenvalue weighted by Crippen LogP contribution is 2.49. The fraction of sp³-hybridized carbons (Fsp3) is 0.947. The maximum Gasteiger partial charge on any atom is 0.475 e. The van der Waals surface area contributed by atoms with Crippen LogP contribution in [0.1, 0.15) is 175 Å². The molecule has 2 atom stereocenters. The normalized spacial score (nSPS) is 13.7. The standard InChI is InChI=1S/C38H77NO8P/c1-7-10-12-14-16-18-20-22-24-26-28-30-37(40)43-34-36(35-46-48(42,44-9-3)45-33-32-39(4,5)6)47-38(41)31-29-27-25-23-21-19-17-15-13-11-8-2/h36H,7-35H2,1-6H3/q+1. The van der Waals surface area contributed by atoms with E-state index in [9.17, 15) is 14.2 Å². The molecule has 286 valence electrons. The summed E-state index contributed by atoms with van der Waals surface area (Å²) in [6.45, 7) is 6.70. The van der Waals surface area contributed by atoms with Crippen LogP contribution < -0.4 is 0 Å². The third-order valence-corrected chi connectivity index (χ3v) is 9.95. The minimum absolute atomic E-state index is 0.138. The Hall–Kier alpha value is -0.990. The summed E-state index contributed by atoms with van der Waals surface area (Å²) in [6, 6.07) is 0. The van der Waals surface area contributed by atoms with Crippen molar-refractivity contribution in [3.05, 3.63) is 0 Å². The van der Waals surface area contributed by atoms with Crippen molar-refractivity contribution in [2.45, 2.75) is 181 Å². The summed E-state index contributed by atoms with van der Waals surface area (Å²) in [7, 11) is 2.14. The van der Waals surface area contributed by atoms with Gasteiger partial charge in [-0.1, -0.05) is 142 Å². The molecule has 0 aliphatic heterocycles. The molecule has 0 fully saturated rings. The van der Waals surface area contributed by atoms with Crippen molar-refractivity contribution in [1.29, 1.82) is 0 Å². The van der Waals surface area contributed by atoms with Gasteiger partial charge in [0.25, 0.3) is 0 Å². The molecule has 0 aromatic heterocycles. The van der Waals surface area contributed by atoms with Crippen LogP contribution in [0.15, 0.2) is 0 Å². The Kier molecular flexibility index (Phi) is 31.3. The van der Waals surface area contributed by atoms with Gasteiger partial charge in [-0.25, -0.2) is 4.57 Å². The van der Waals surface area contributed by atoms with E-state index in [1.54, 1.807) is 6.92 Å². The molecule has 0 saturated carbocycles. The van der Waals surface area contributed by atoms with Crippen LogP contribution in [-0.4, -0.2) is 76.6 Å². The lowest BCUT2D eigenvalue weighted by molar-refractivity contribution is -0.870. The molecule has 0 amide bonds. The summed E-state index contributed by atoms with van der Waals surface area (Å²) in [4.78, 5) is 25.2. The van der Waals surface area contributed by atoms with E-state index in [2.05, 4.69) is 13.8 Å². The molecule has 0 N–H and O–H groups in total. The third-order valence-electron chi connectivity index (χ3n) is 8.41. The van der Waals surface area contributed by atoms with E-state index in [0.29, 0.717) is 17.4 Å². The zero-order valence-corrected chi connectivity index (χ0v) is 33.1. The fourth-order valence-corrected chi connectivity index (χ4v) is 6.55. The molecule has 10 heteroatoms. The average Bonchev–Trinajstić information content (AvgIpc) is 3.03. The topological polar surface area (TPSA) is 97.4 Å². The molecule has 0 aliphatic carbocycles. The van der Waals surface area contributed by atoms with Crippen LogP contribution in [0.5, 0.6) is 0 Å². The van der Waals surface area contributed by atoms with Crippen molar-refractivity contribution in [1.82, 2.24) is 0 Å². The predicted octanol–water partition coefficient (Wildman–Crippen LogP) is 10.7. The fourth-order valence-electron chi connectivity index (χ4n) is 5.36. The molecule has 0 aromatic rings. The molecular weight excluding hydrogens is 629 g/mol. The summed E-state index contributed by atoms with van der Waals surface area (Å²) in [5.74, 6) is -0.706. The van der Waals surface area contributed by atoms with Crippen LogP contribution in [0.3, 0.4) is 0 Å². The first-order valence-corrected chi connectivity index (χ1v) is 21.2. The maximum atomic E-state index is 13.2. The molecule has 2 unspecified atom stereocenters. The molecule has 9 nitrogen and oxygen atoms in total. The molecule has 48 heavy (non-hydrogen) atoms. The first-order chi connectivity index (χ1) is 23.0. The van der Waals surface area contributed by atoms with Gasteiger partial charge in [0, 0.05) is 12.8 Å². The number of rotatable bonds is 36. The Morgan fingerprint density at radius 3 is 1.38 bits per heavy atom. The van der Waals surface area contributed by atoms with Crippen LogP contribution in [0.25, 0.3) is 0 Å². The van der Waals surface area contributed by atoms with Gasteiger partial charge in [0.1, 0.15) is 19.8 Å². The van der Waals surface area contributed by atoms with Gasteiger partial charge in [-0.05, 0) is 19.8 Å². The van der Waals surface area contributed by atoms with E-state index in [0.717, 1.165) is 38.5 Å². The van der Waals surface area contributed by atoms with Gasteiger partial charge in [0.05, 0.1) is 34.4 Å². The largest absolute Gasteiger partial charge is 0.475 e. The molecule has 0 spiro atoms. The van der Waals surface area contributed by atoms with Gasteiger partial charge in [-0.2, -0.15) is 0 Å². The Morgan fingerprint density at radius 2 is 0.958 bits per heavy atom. The zero-order chi connectivity index (χ0) is 35.8. The van der Waals surface area contributed by atoms with Crippen molar-refractivity contribution in [3.63, 3.8) is 0 Å². The number of unbranched alkanes of at least 4 members (excludes halogenated alkanes) is 20. The Morgan fingerprint density at radius 1 is 0.542 bits per heavy atom. The Bertz CT molecular complexity index is 804. The summed E-state index contributed by atoms with van der Waals surface area (Å²) in [6.07, 6.45) is 26.1. The number of phosphoric acid groups is 1. The highest BCUT2D eigenvalue weighted by Gasteiger charge is 2.30. The van der Waals surface area contributed by atoms with E-state index in [1.165, 1.54) is 103 Å². The van der Waals surface area contributed by atoms with Gasteiger partial charge in [-0.15, -0.1) is 0 Å². The Labute approximate surface area is 296 Å². The number of carbonyl (C=O) groups is 2. The molecule has 0 radical (unpaired) electrons. The summed E-state index contributed by atoms with van der Waals surface area (Å²) < 4.78 is 41.5. The molecule has 0 aliphatic rings. The van der Waals surface area contributed by atoms with Gasteiger partial charge < -0.3 is 14.0 Å². The van der Waals surface area contributed by atoms with E-state index in [4.69, 9.17) is 23.0 Å². The van der Waals surface area contributed by atoms with Gasteiger partial charge in [-0.3, -0.25) is 23.2 Å². The summed E-state index contributed by atoms with van der Waals surface area (Å²) in [5.41, 5.74) is 0. The number of likely N-dealkylation sites (N-methyl/N-ethyl adjacent to an activating group) is 1. The molecule has 0 heterocycles. The van der Waals surface area contributed by atoms with E-state index >= 15 is 0 Å². The van der Waals surface area contributed by atoms with Gasteiger partial charge in [0.15, 0.2) is 6.10 Å². The predicted molar refractivity (Wildman–Crippen MR) is 197 cm³/mol. The SMILES string of the molecule is CCCCCCCCCCCCCC(=O)OCC(COP(=O)(OCC)OCC[N+](C)(C)C)OC(=O)CCCCCCCCCCCCC. The van der Waals surface area contributed by atoms with E-state index < -0.39 is 13.9 Å². The van der Waals surface area contributed by atoms with Crippen LogP contribution >= 0.6 is 7.82 Å². The third kappa shape index (κ3) is 32.2. The van der Waals surface area contributed by atoms with Crippen molar-refractivity contribution in [2.75, 3.05) is 54.1 Å². The lowest BCUT2D eigenvalue weighted by Crippen LogP contribution is -2.37. The molecule has 0 saturated heterocycles. The summed E-state index contributed by atoms with van der Waals surface area (Å²) in [5, 5.41) is 0. The highest BCUT2D eigenvalue weighted by molar-refractivity contribution is 7.48. The Balaban J connectivity index is 4.64. The molecular formula is C38H77NO8P+. The number of esters is 2. The monoisotopic (exact) mass is 707 g/mol. The molecule has 0 rings (SSSR count). The highest BCUT2D eigenvalue weighted by atomic mass is 31.2. The second-order valence-corrected chi connectivity index (χ2v) is 16.0. The second-order valence-electron chi connectivity index (χ2n) is 14.4. The first-order valence-electron chi connectivity index (χ1n) is 19.7. The van der Waals surface area contributed by atoms with Gasteiger partial charge in [0.2, 0.25) is 0 Å². The van der Waals surface area contributed by atoms with Crippen LogP contribution in [0.2, 0.25) is 0 Å². The number of phosphoric ester groups is 1. The van der Waals surface area contributed by atoms with Crippen LogP contribution in [0.4, 0.5) is 0 Å². The van der Waals surface area contributed by atoms with Crippen LogP contribution in [0, 0.1) is 0 Å². The van der Waals surface area contributed by atoms with Crippen molar-refractivity contribution in [2.24, 2.45) is 0 Å². The minimum atomic E-state index is -3.88. The average molecular weight is 707 g/mol. The molecule has 0 aromatic carbocycles. The second kappa shape index (κ2) is 32.0. The van der Waals surface area contributed by atoms with Gasteiger partial charge >= 0.3 is 19.8 Å².